The summed E-state index contributed by atoms with van der Waals surface area (Å²) in [4.78, 5) is 10.5. The van der Waals surface area contributed by atoms with Gasteiger partial charge in [-0.25, -0.2) is 0 Å². The number of para-hydroxylation sites is 1. The summed E-state index contributed by atoms with van der Waals surface area (Å²) in [5.41, 5.74) is 6.98. The molecule has 1 aromatic rings. The van der Waals surface area contributed by atoms with E-state index in [2.05, 4.69) is 10.6 Å². The van der Waals surface area contributed by atoms with Crippen molar-refractivity contribution >= 4 is 28.9 Å². The van der Waals surface area contributed by atoms with Crippen LogP contribution in [0.2, 0.25) is 0 Å². The highest BCUT2D eigenvalue weighted by atomic mass is 32.1. The summed E-state index contributed by atoms with van der Waals surface area (Å²) in [6, 6.07) is 7.74. The topological polar surface area (TPSA) is 67.2 Å². The van der Waals surface area contributed by atoms with Gasteiger partial charge in [-0.1, -0.05) is 18.2 Å². The second-order valence-electron chi connectivity index (χ2n) is 3.09. The highest BCUT2D eigenvalue weighted by molar-refractivity contribution is 7.80. The van der Waals surface area contributed by atoms with Crippen molar-refractivity contribution in [1.29, 1.82) is 0 Å². The summed E-state index contributed by atoms with van der Waals surface area (Å²) in [5.74, 6) is -0.441. The number of nitrogens with one attached hydrogen (secondary N) is 2. The maximum atomic E-state index is 10.5. The van der Waals surface area contributed by atoms with E-state index >= 15 is 0 Å². The standard InChI is InChI=1S/C10H13N3OS/c1-7-4-2-3-5-8(7)13-10(15)12-6-9(11)14/h2-5H,6H2,1H3,(H2,11,14)(H2,12,13,15). The van der Waals surface area contributed by atoms with Crippen molar-refractivity contribution in [2.24, 2.45) is 5.73 Å². The number of anilines is 1. The molecule has 80 valence electrons. The molecule has 0 aliphatic heterocycles. The predicted octanol–water partition coefficient (Wildman–Crippen LogP) is 0.767. The Hall–Kier alpha value is -1.62. The minimum atomic E-state index is -0.441. The average molecular weight is 223 g/mol. The molecule has 0 spiro atoms. The van der Waals surface area contributed by atoms with Crippen molar-refractivity contribution in [2.75, 3.05) is 11.9 Å². The van der Waals surface area contributed by atoms with Gasteiger partial charge >= 0.3 is 0 Å². The van der Waals surface area contributed by atoms with Crippen LogP contribution in [0.3, 0.4) is 0 Å². The Labute approximate surface area is 93.9 Å². The van der Waals surface area contributed by atoms with Gasteiger partial charge in [0.25, 0.3) is 0 Å². The van der Waals surface area contributed by atoms with Crippen LogP contribution in [-0.2, 0) is 4.79 Å². The van der Waals surface area contributed by atoms with Gasteiger partial charge in [0.2, 0.25) is 5.91 Å². The average Bonchev–Trinajstić information content (AvgIpc) is 2.18. The first kappa shape index (κ1) is 11.5. The largest absolute Gasteiger partial charge is 0.368 e. The number of amides is 1. The summed E-state index contributed by atoms with van der Waals surface area (Å²) in [7, 11) is 0. The molecule has 0 atom stereocenters. The van der Waals surface area contributed by atoms with Gasteiger partial charge < -0.3 is 16.4 Å². The number of primary amides is 1. The molecule has 0 unspecified atom stereocenters. The molecule has 0 bridgehead atoms. The molecule has 0 heterocycles. The first-order valence-corrected chi connectivity index (χ1v) is 4.89. The van der Waals surface area contributed by atoms with E-state index in [1.807, 2.05) is 31.2 Å². The fourth-order valence-corrected chi connectivity index (χ4v) is 1.23. The number of aryl methyl sites for hydroxylation is 1. The first-order valence-electron chi connectivity index (χ1n) is 4.48. The zero-order chi connectivity index (χ0) is 11.3. The molecule has 0 fully saturated rings. The van der Waals surface area contributed by atoms with Crippen molar-refractivity contribution in [3.05, 3.63) is 29.8 Å². The number of hydrogen-bond acceptors (Lipinski definition) is 2. The molecule has 4 N–H and O–H groups in total. The molecule has 15 heavy (non-hydrogen) atoms. The van der Waals surface area contributed by atoms with E-state index in [9.17, 15) is 4.79 Å². The quantitative estimate of drug-likeness (QED) is 0.662. The number of carbonyl (C=O) groups is 1. The molecule has 5 heteroatoms. The summed E-state index contributed by atoms with van der Waals surface area (Å²) >= 11 is 4.98. The Morgan fingerprint density at radius 3 is 2.73 bits per heavy atom. The van der Waals surface area contributed by atoms with Gasteiger partial charge in [0.15, 0.2) is 5.11 Å². The maximum absolute atomic E-state index is 10.5. The molecule has 4 nitrogen and oxygen atoms in total. The molecular weight excluding hydrogens is 210 g/mol. The number of benzene rings is 1. The van der Waals surface area contributed by atoms with Gasteiger partial charge in [-0.15, -0.1) is 0 Å². The van der Waals surface area contributed by atoms with Gasteiger partial charge in [0, 0.05) is 5.69 Å². The number of hydrogen-bond donors (Lipinski definition) is 3. The fourth-order valence-electron chi connectivity index (χ4n) is 1.05. The molecule has 0 saturated heterocycles. The Kier molecular flexibility index (Phi) is 4.05. The number of nitrogens with two attached hydrogens (primary N) is 1. The summed E-state index contributed by atoms with van der Waals surface area (Å²) in [6.07, 6.45) is 0. The Morgan fingerprint density at radius 2 is 2.13 bits per heavy atom. The molecule has 0 aliphatic carbocycles. The molecule has 1 amide bonds. The third-order valence-electron chi connectivity index (χ3n) is 1.82. The van der Waals surface area contributed by atoms with Crippen molar-refractivity contribution in [3.8, 4) is 0 Å². The summed E-state index contributed by atoms with van der Waals surface area (Å²) < 4.78 is 0. The maximum Gasteiger partial charge on any atom is 0.236 e. The Bertz CT molecular complexity index is 379. The fraction of sp³-hybridized carbons (Fsp3) is 0.200. The number of thiocarbonyl (C=S) groups is 1. The van der Waals surface area contributed by atoms with Crippen LogP contribution in [0.4, 0.5) is 5.69 Å². The monoisotopic (exact) mass is 223 g/mol. The summed E-state index contributed by atoms with van der Waals surface area (Å²) in [5, 5.41) is 6.07. The van der Waals surface area contributed by atoms with E-state index < -0.39 is 5.91 Å². The minimum Gasteiger partial charge on any atom is -0.368 e. The molecule has 1 aromatic carbocycles. The van der Waals surface area contributed by atoms with E-state index in [0.717, 1.165) is 11.3 Å². The Balaban J connectivity index is 2.52. The van der Waals surface area contributed by atoms with Gasteiger partial charge in [-0.2, -0.15) is 0 Å². The lowest BCUT2D eigenvalue weighted by Gasteiger charge is -2.10. The highest BCUT2D eigenvalue weighted by Crippen LogP contribution is 2.12. The second-order valence-corrected chi connectivity index (χ2v) is 3.50. The molecular formula is C10H13N3OS. The van der Waals surface area contributed by atoms with Crippen LogP contribution in [0, 0.1) is 6.92 Å². The lowest BCUT2D eigenvalue weighted by molar-refractivity contribution is -0.116. The van der Waals surface area contributed by atoms with Crippen LogP contribution in [0.5, 0.6) is 0 Å². The van der Waals surface area contributed by atoms with Crippen LogP contribution in [0.25, 0.3) is 0 Å². The van der Waals surface area contributed by atoms with Gasteiger partial charge in [-0.3, -0.25) is 4.79 Å². The zero-order valence-electron chi connectivity index (χ0n) is 8.41. The SMILES string of the molecule is Cc1ccccc1NC(=S)NCC(N)=O. The van der Waals surface area contributed by atoms with Crippen LogP contribution in [0.1, 0.15) is 5.56 Å². The molecule has 0 saturated carbocycles. The number of carbonyl (C=O) groups excluding carboxylic acids is 1. The van der Waals surface area contributed by atoms with Crippen LogP contribution >= 0.6 is 12.2 Å². The van der Waals surface area contributed by atoms with Gasteiger partial charge in [0.05, 0.1) is 6.54 Å². The first-order chi connectivity index (χ1) is 7.09. The van der Waals surface area contributed by atoms with E-state index in [1.165, 1.54) is 0 Å². The van der Waals surface area contributed by atoms with E-state index in [4.69, 9.17) is 18.0 Å². The van der Waals surface area contributed by atoms with Crippen LogP contribution in [-0.4, -0.2) is 17.6 Å². The van der Waals surface area contributed by atoms with Crippen molar-refractivity contribution in [3.63, 3.8) is 0 Å². The highest BCUT2D eigenvalue weighted by Gasteiger charge is 2.00. The van der Waals surface area contributed by atoms with Crippen molar-refractivity contribution < 1.29 is 4.79 Å². The molecule has 0 radical (unpaired) electrons. The lowest BCUT2D eigenvalue weighted by atomic mass is 10.2. The normalized spacial score (nSPS) is 9.40. The zero-order valence-corrected chi connectivity index (χ0v) is 9.23. The molecule has 0 aromatic heterocycles. The third kappa shape index (κ3) is 3.95. The van der Waals surface area contributed by atoms with Crippen molar-refractivity contribution in [2.45, 2.75) is 6.92 Å². The third-order valence-corrected chi connectivity index (χ3v) is 2.06. The van der Waals surface area contributed by atoms with E-state index in [1.54, 1.807) is 0 Å². The van der Waals surface area contributed by atoms with Gasteiger partial charge in [-0.05, 0) is 30.8 Å². The minimum absolute atomic E-state index is 0.0394. The molecule has 0 aliphatic rings. The van der Waals surface area contributed by atoms with Gasteiger partial charge in [0.1, 0.15) is 0 Å². The number of rotatable bonds is 3. The summed E-state index contributed by atoms with van der Waals surface area (Å²) in [6.45, 7) is 2.01. The van der Waals surface area contributed by atoms with E-state index in [-0.39, 0.29) is 6.54 Å². The molecule has 1 rings (SSSR count). The van der Waals surface area contributed by atoms with Crippen molar-refractivity contribution in [1.82, 2.24) is 5.32 Å². The van der Waals surface area contributed by atoms with Crippen LogP contribution < -0.4 is 16.4 Å². The Morgan fingerprint density at radius 1 is 1.47 bits per heavy atom. The second kappa shape index (κ2) is 5.31. The lowest BCUT2D eigenvalue weighted by Crippen LogP contribution is -2.36. The predicted molar refractivity (Wildman–Crippen MR) is 64.6 cm³/mol. The van der Waals surface area contributed by atoms with Crippen LogP contribution in [0.15, 0.2) is 24.3 Å². The van der Waals surface area contributed by atoms with E-state index in [0.29, 0.717) is 5.11 Å². The smallest absolute Gasteiger partial charge is 0.236 e.